The normalized spacial score (nSPS) is 15.5. The number of hydrogen-bond donors (Lipinski definition) is 0. The third-order valence-corrected chi connectivity index (χ3v) is 4.92. The summed E-state index contributed by atoms with van der Waals surface area (Å²) in [6.45, 7) is 4.50. The molecule has 0 aliphatic heterocycles. The van der Waals surface area contributed by atoms with Gasteiger partial charge in [0.15, 0.2) is 0 Å². The van der Waals surface area contributed by atoms with Crippen molar-refractivity contribution in [3.63, 3.8) is 0 Å². The first-order valence-electron chi connectivity index (χ1n) is 5.62. The van der Waals surface area contributed by atoms with Gasteiger partial charge in [-0.15, -0.1) is 0 Å². The quantitative estimate of drug-likeness (QED) is 0.610. The van der Waals surface area contributed by atoms with Crippen LogP contribution in [-0.4, -0.2) is 0 Å². The molecule has 86 valence electrons. The molecule has 0 fully saturated rings. The molecule has 0 nitrogen and oxygen atoms in total. The second kappa shape index (κ2) is 3.60. The summed E-state index contributed by atoms with van der Waals surface area (Å²) in [4.78, 5) is 0. The Morgan fingerprint density at radius 1 is 1.00 bits per heavy atom. The summed E-state index contributed by atoms with van der Waals surface area (Å²) in [6.07, 6.45) is 0. The SMILES string of the molecule is CC1(C)c2ccccc2-c2c1ccc(Br)c2Cl. The zero-order valence-corrected chi connectivity index (χ0v) is 12.1. The summed E-state index contributed by atoms with van der Waals surface area (Å²) >= 11 is 9.95. The van der Waals surface area contributed by atoms with E-state index in [1.54, 1.807) is 0 Å². The van der Waals surface area contributed by atoms with Gasteiger partial charge in [-0.25, -0.2) is 0 Å². The zero-order chi connectivity index (χ0) is 12.2. The van der Waals surface area contributed by atoms with Crippen molar-refractivity contribution in [2.45, 2.75) is 19.3 Å². The van der Waals surface area contributed by atoms with Crippen LogP contribution >= 0.6 is 27.5 Å². The maximum atomic E-state index is 6.45. The van der Waals surface area contributed by atoms with Gasteiger partial charge in [0, 0.05) is 15.5 Å². The molecule has 2 aromatic carbocycles. The first-order valence-corrected chi connectivity index (χ1v) is 6.79. The number of halogens is 2. The maximum absolute atomic E-state index is 6.45. The topological polar surface area (TPSA) is 0 Å². The van der Waals surface area contributed by atoms with Crippen molar-refractivity contribution < 1.29 is 0 Å². The summed E-state index contributed by atoms with van der Waals surface area (Å²) in [5, 5.41) is 0.820. The average molecular weight is 308 g/mol. The Labute approximate surface area is 115 Å². The highest BCUT2D eigenvalue weighted by atomic mass is 79.9. The van der Waals surface area contributed by atoms with Gasteiger partial charge in [-0.2, -0.15) is 0 Å². The first-order chi connectivity index (χ1) is 8.03. The lowest BCUT2D eigenvalue weighted by atomic mass is 9.82. The Kier molecular flexibility index (Phi) is 2.39. The lowest BCUT2D eigenvalue weighted by Gasteiger charge is -2.21. The van der Waals surface area contributed by atoms with Crippen LogP contribution in [0.2, 0.25) is 5.02 Å². The molecule has 0 saturated carbocycles. The van der Waals surface area contributed by atoms with Crippen molar-refractivity contribution in [3.8, 4) is 11.1 Å². The molecule has 2 aromatic rings. The smallest absolute Gasteiger partial charge is 0.0629 e. The number of hydrogen-bond acceptors (Lipinski definition) is 0. The van der Waals surface area contributed by atoms with E-state index in [0.29, 0.717) is 0 Å². The summed E-state index contributed by atoms with van der Waals surface area (Å²) in [7, 11) is 0. The van der Waals surface area contributed by atoms with E-state index >= 15 is 0 Å². The maximum Gasteiger partial charge on any atom is 0.0629 e. The van der Waals surface area contributed by atoms with E-state index in [2.05, 4.69) is 60.1 Å². The third-order valence-electron chi connectivity index (χ3n) is 3.64. The van der Waals surface area contributed by atoms with E-state index in [4.69, 9.17) is 11.6 Å². The summed E-state index contributed by atoms with van der Waals surface area (Å²) in [5.74, 6) is 0. The van der Waals surface area contributed by atoms with Gasteiger partial charge in [0.25, 0.3) is 0 Å². The van der Waals surface area contributed by atoms with E-state index in [0.717, 1.165) is 9.50 Å². The molecular formula is C15H12BrCl. The van der Waals surface area contributed by atoms with Gasteiger partial charge in [0.05, 0.1) is 5.02 Å². The average Bonchev–Trinajstić information content (AvgIpc) is 2.54. The molecule has 0 atom stereocenters. The van der Waals surface area contributed by atoms with E-state index in [1.165, 1.54) is 22.3 Å². The van der Waals surface area contributed by atoms with Gasteiger partial charge in [-0.3, -0.25) is 0 Å². The van der Waals surface area contributed by atoms with Crippen molar-refractivity contribution in [2.75, 3.05) is 0 Å². The second-order valence-corrected chi connectivity index (χ2v) is 6.19. The summed E-state index contributed by atoms with van der Waals surface area (Å²) < 4.78 is 0.963. The molecule has 0 spiro atoms. The van der Waals surface area contributed by atoms with Crippen LogP contribution in [0.15, 0.2) is 40.9 Å². The highest BCUT2D eigenvalue weighted by molar-refractivity contribution is 9.10. The molecule has 0 heterocycles. The Morgan fingerprint density at radius 3 is 2.47 bits per heavy atom. The van der Waals surface area contributed by atoms with Gasteiger partial charge < -0.3 is 0 Å². The molecule has 0 saturated heterocycles. The molecule has 0 N–H and O–H groups in total. The van der Waals surface area contributed by atoms with Crippen molar-refractivity contribution in [3.05, 3.63) is 57.0 Å². The van der Waals surface area contributed by atoms with E-state index in [1.807, 2.05) is 6.07 Å². The molecule has 1 aliphatic rings. The van der Waals surface area contributed by atoms with Crippen molar-refractivity contribution in [1.82, 2.24) is 0 Å². The van der Waals surface area contributed by atoms with Crippen molar-refractivity contribution in [1.29, 1.82) is 0 Å². The van der Waals surface area contributed by atoms with Crippen LogP contribution in [-0.2, 0) is 5.41 Å². The molecular weight excluding hydrogens is 296 g/mol. The zero-order valence-electron chi connectivity index (χ0n) is 9.72. The fourth-order valence-corrected chi connectivity index (χ4v) is 3.32. The van der Waals surface area contributed by atoms with E-state index < -0.39 is 0 Å². The predicted molar refractivity (Wildman–Crippen MR) is 76.7 cm³/mol. The molecule has 0 unspecified atom stereocenters. The van der Waals surface area contributed by atoms with Crippen LogP contribution in [0, 0.1) is 0 Å². The molecule has 3 rings (SSSR count). The van der Waals surface area contributed by atoms with Gasteiger partial charge in [-0.1, -0.05) is 55.8 Å². The number of fused-ring (bicyclic) bond motifs is 3. The Bertz CT molecular complexity index is 614. The molecule has 0 radical (unpaired) electrons. The van der Waals surface area contributed by atoms with Crippen LogP contribution in [0.25, 0.3) is 11.1 Å². The van der Waals surface area contributed by atoms with Gasteiger partial charge in [0.1, 0.15) is 0 Å². The standard InChI is InChI=1S/C15H12BrCl/c1-15(2)10-6-4-3-5-9(10)13-11(15)7-8-12(16)14(13)17/h3-8H,1-2H3. The van der Waals surface area contributed by atoms with Crippen LogP contribution in [0.5, 0.6) is 0 Å². The Hall–Kier alpha value is -0.790. The monoisotopic (exact) mass is 306 g/mol. The van der Waals surface area contributed by atoms with E-state index in [9.17, 15) is 0 Å². The molecule has 0 bridgehead atoms. The van der Waals surface area contributed by atoms with Gasteiger partial charge in [-0.05, 0) is 38.7 Å². The molecule has 17 heavy (non-hydrogen) atoms. The molecule has 1 aliphatic carbocycles. The van der Waals surface area contributed by atoms with Crippen molar-refractivity contribution in [2.24, 2.45) is 0 Å². The Balaban J connectivity index is 2.46. The molecule has 2 heteroatoms. The highest BCUT2D eigenvalue weighted by Gasteiger charge is 2.36. The van der Waals surface area contributed by atoms with Crippen LogP contribution in [0.1, 0.15) is 25.0 Å². The van der Waals surface area contributed by atoms with Crippen LogP contribution in [0.4, 0.5) is 0 Å². The largest absolute Gasteiger partial charge is 0.0824 e. The molecule has 0 aromatic heterocycles. The first kappa shape index (κ1) is 11.3. The molecule has 0 amide bonds. The van der Waals surface area contributed by atoms with Gasteiger partial charge in [0.2, 0.25) is 0 Å². The number of benzene rings is 2. The minimum Gasteiger partial charge on any atom is -0.0824 e. The minimum absolute atomic E-state index is 0.0380. The summed E-state index contributed by atoms with van der Waals surface area (Å²) in [6, 6.07) is 12.7. The lowest BCUT2D eigenvalue weighted by molar-refractivity contribution is 0.660. The van der Waals surface area contributed by atoms with Crippen LogP contribution in [0.3, 0.4) is 0 Å². The fraction of sp³-hybridized carbons (Fsp3) is 0.200. The summed E-state index contributed by atoms with van der Waals surface area (Å²) in [5.41, 5.74) is 5.15. The highest BCUT2D eigenvalue weighted by Crippen LogP contribution is 2.52. The Morgan fingerprint density at radius 2 is 1.71 bits per heavy atom. The third kappa shape index (κ3) is 1.42. The lowest BCUT2D eigenvalue weighted by Crippen LogP contribution is -2.14. The fourth-order valence-electron chi connectivity index (χ4n) is 2.73. The van der Waals surface area contributed by atoms with Crippen LogP contribution < -0.4 is 0 Å². The second-order valence-electron chi connectivity index (χ2n) is 4.95. The van der Waals surface area contributed by atoms with E-state index in [-0.39, 0.29) is 5.41 Å². The van der Waals surface area contributed by atoms with Crippen molar-refractivity contribution >= 4 is 27.5 Å². The number of rotatable bonds is 0. The van der Waals surface area contributed by atoms with Gasteiger partial charge >= 0.3 is 0 Å². The minimum atomic E-state index is 0.0380. The predicted octanol–water partition coefficient (Wildman–Crippen LogP) is 5.41.